The van der Waals surface area contributed by atoms with Crippen LogP contribution in [-0.4, -0.2) is 14.2 Å². The summed E-state index contributed by atoms with van der Waals surface area (Å²) in [4.78, 5) is 0. The number of hydrogen-bond acceptors (Lipinski definition) is 2. The third kappa shape index (κ3) is 3.46. The molecule has 0 aliphatic carbocycles. The van der Waals surface area contributed by atoms with E-state index in [1.807, 2.05) is 6.92 Å². The van der Waals surface area contributed by atoms with Crippen molar-refractivity contribution in [1.82, 2.24) is 0 Å². The molecule has 0 saturated carbocycles. The Morgan fingerprint density at radius 2 is 2.07 bits per heavy atom. The van der Waals surface area contributed by atoms with E-state index in [4.69, 9.17) is 0 Å². The van der Waals surface area contributed by atoms with Crippen LogP contribution in [0.1, 0.15) is 18.9 Å². The van der Waals surface area contributed by atoms with Crippen molar-refractivity contribution in [3.63, 3.8) is 0 Å². The van der Waals surface area contributed by atoms with Crippen molar-refractivity contribution in [3.8, 4) is 0 Å². The van der Waals surface area contributed by atoms with Crippen LogP contribution in [0.15, 0.2) is 24.3 Å². The lowest BCUT2D eigenvalue weighted by atomic mass is 10.2. The number of hydrogen-bond donors (Lipinski definition) is 0. The molecule has 78 valence electrons. The molecule has 0 spiro atoms. The van der Waals surface area contributed by atoms with E-state index in [0.29, 0.717) is 12.0 Å². The molecule has 0 atom stereocenters. The molecule has 0 heterocycles. The fourth-order valence-corrected chi connectivity index (χ4v) is 2.72. The third-order valence-electron chi connectivity index (χ3n) is 1.79. The van der Waals surface area contributed by atoms with Crippen LogP contribution in [0.2, 0.25) is 0 Å². The Balaban J connectivity index is 2.79. The lowest BCUT2D eigenvalue weighted by Crippen LogP contribution is -2.08. The average molecular weight is 216 g/mol. The molecule has 0 unspecified atom stereocenters. The third-order valence-corrected chi connectivity index (χ3v) is 3.59. The monoisotopic (exact) mass is 216 g/mol. The van der Waals surface area contributed by atoms with Gasteiger partial charge < -0.3 is 0 Å². The first-order valence-electron chi connectivity index (χ1n) is 4.48. The predicted molar refractivity (Wildman–Crippen MR) is 54.2 cm³/mol. The molecule has 2 nitrogen and oxygen atoms in total. The summed E-state index contributed by atoms with van der Waals surface area (Å²) in [5.74, 6) is -0.309. The van der Waals surface area contributed by atoms with Crippen LogP contribution in [0.3, 0.4) is 0 Å². The van der Waals surface area contributed by atoms with Gasteiger partial charge in [-0.1, -0.05) is 19.1 Å². The van der Waals surface area contributed by atoms with Crippen LogP contribution in [0.4, 0.5) is 4.39 Å². The van der Waals surface area contributed by atoms with E-state index in [9.17, 15) is 12.8 Å². The van der Waals surface area contributed by atoms with Gasteiger partial charge in [-0.2, -0.15) is 0 Å². The fourth-order valence-electron chi connectivity index (χ4n) is 1.26. The van der Waals surface area contributed by atoms with E-state index in [0.717, 1.165) is 0 Å². The first kappa shape index (κ1) is 11.2. The second-order valence-electron chi connectivity index (χ2n) is 3.22. The maximum atomic E-state index is 12.7. The Kier molecular flexibility index (Phi) is 3.63. The zero-order valence-corrected chi connectivity index (χ0v) is 8.85. The van der Waals surface area contributed by atoms with Crippen LogP contribution in [0.5, 0.6) is 0 Å². The fraction of sp³-hybridized carbons (Fsp3) is 0.400. The van der Waals surface area contributed by atoms with Crippen molar-refractivity contribution in [2.24, 2.45) is 0 Å². The van der Waals surface area contributed by atoms with Gasteiger partial charge in [-0.3, -0.25) is 0 Å². The van der Waals surface area contributed by atoms with Gasteiger partial charge in [-0.25, -0.2) is 12.8 Å². The Hall–Kier alpha value is -0.900. The van der Waals surface area contributed by atoms with Gasteiger partial charge in [0.25, 0.3) is 0 Å². The molecule has 1 aromatic rings. The van der Waals surface area contributed by atoms with Crippen molar-refractivity contribution in [2.45, 2.75) is 19.1 Å². The van der Waals surface area contributed by atoms with Gasteiger partial charge in [0.2, 0.25) is 0 Å². The first-order chi connectivity index (χ1) is 6.53. The molecule has 0 amide bonds. The normalized spacial score (nSPS) is 11.6. The molecule has 0 aliphatic rings. The van der Waals surface area contributed by atoms with Crippen LogP contribution >= 0.6 is 0 Å². The average Bonchev–Trinajstić information content (AvgIpc) is 2.02. The van der Waals surface area contributed by atoms with Gasteiger partial charge in [0, 0.05) is 0 Å². The predicted octanol–water partition coefficient (Wildman–Crippen LogP) is 2.15. The van der Waals surface area contributed by atoms with Crippen molar-refractivity contribution >= 4 is 9.84 Å². The molecular weight excluding hydrogens is 203 g/mol. The highest BCUT2D eigenvalue weighted by atomic mass is 32.2. The summed E-state index contributed by atoms with van der Waals surface area (Å²) in [6, 6.07) is 5.70. The number of sulfone groups is 1. The van der Waals surface area contributed by atoms with Crippen molar-refractivity contribution < 1.29 is 12.8 Å². The summed E-state index contributed by atoms with van der Waals surface area (Å²) in [6.45, 7) is 1.81. The summed E-state index contributed by atoms with van der Waals surface area (Å²) < 4.78 is 35.5. The topological polar surface area (TPSA) is 34.1 Å². The molecular formula is C10H13FO2S. The second-order valence-corrected chi connectivity index (χ2v) is 5.41. The van der Waals surface area contributed by atoms with Gasteiger partial charge >= 0.3 is 0 Å². The minimum absolute atomic E-state index is 0.0708. The van der Waals surface area contributed by atoms with E-state index < -0.39 is 15.7 Å². The van der Waals surface area contributed by atoms with Gasteiger partial charge in [0.1, 0.15) is 5.82 Å². The standard InChI is InChI=1S/C10H13FO2S/c1-2-6-14(12,13)8-9-4-3-5-10(11)7-9/h3-5,7H,2,6,8H2,1H3. The molecule has 0 fully saturated rings. The molecule has 0 aromatic heterocycles. The number of benzene rings is 1. The molecule has 0 N–H and O–H groups in total. The zero-order chi connectivity index (χ0) is 10.6. The Morgan fingerprint density at radius 3 is 2.64 bits per heavy atom. The smallest absolute Gasteiger partial charge is 0.154 e. The SMILES string of the molecule is CCCS(=O)(=O)Cc1cccc(F)c1. The molecule has 0 bridgehead atoms. The summed E-state index contributed by atoms with van der Waals surface area (Å²) in [5.41, 5.74) is 0.512. The highest BCUT2D eigenvalue weighted by Crippen LogP contribution is 2.09. The Morgan fingerprint density at radius 1 is 1.36 bits per heavy atom. The number of rotatable bonds is 4. The second kappa shape index (κ2) is 4.55. The van der Waals surface area contributed by atoms with E-state index in [-0.39, 0.29) is 11.5 Å². The molecule has 0 saturated heterocycles. The Bertz CT molecular complexity index is 398. The Labute approximate surface area is 83.7 Å². The lowest BCUT2D eigenvalue weighted by Gasteiger charge is -2.02. The minimum atomic E-state index is -3.07. The van der Waals surface area contributed by atoms with E-state index in [1.54, 1.807) is 6.07 Å². The molecule has 14 heavy (non-hydrogen) atoms. The molecule has 1 rings (SSSR count). The summed E-state index contributed by atoms with van der Waals surface area (Å²) >= 11 is 0. The first-order valence-corrected chi connectivity index (χ1v) is 6.30. The lowest BCUT2D eigenvalue weighted by molar-refractivity contribution is 0.593. The maximum absolute atomic E-state index is 12.7. The van der Waals surface area contributed by atoms with Gasteiger partial charge in [-0.15, -0.1) is 0 Å². The van der Waals surface area contributed by atoms with E-state index >= 15 is 0 Å². The summed E-state index contributed by atoms with van der Waals surface area (Å²) in [6.07, 6.45) is 0.595. The summed E-state index contributed by atoms with van der Waals surface area (Å²) in [5, 5.41) is 0. The number of halogens is 1. The molecule has 4 heteroatoms. The quantitative estimate of drug-likeness (QED) is 0.772. The van der Waals surface area contributed by atoms with Crippen LogP contribution in [0, 0.1) is 5.82 Å². The molecule has 0 radical (unpaired) electrons. The maximum Gasteiger partial charge on any atom is 0.154 e. The van der Waals surface area contributed by atoms with Crippen molar-refractivity contribution in [1.29, 1.82) is 0 Å². The van der Waals surface area contributed by atoms with Gasteiger partial charge in [0.05, 0.1) is 11.5 Å². The van der Waals surface area contributed by atoms with E-state index in [2.05, 4.69) is 0 Å². The zero-order valence-electron chi connectivity index (χ0n) is 8.03. The van der Waals surface area contributed by atoms with Gasteiger partial charge in [0.15, 0.2) is 9.84 Å². The minimum Gasteiger partial charge on any atom is -0.228 e. The van der Waals surface area contributed by atoms with Crippen molar-refractivity contribution in [2.75, 3.05) is 5.75 Å². The molecule has 1 aromatic carbocycles. The largest absolute Gasteiger partial charge is 0.228 e. The van der Waals surface area contributed by atoms with E-state index in [1.165, 1.54) is 18.2 Å². The van der Waals surface area contributed by atoms with Crippen LogP contribution < -0.4 is 0 Å². The van der Waals surface area contributed by atoms with Gasteiger partial charge in [-0.05, 0) is 24.1 Å². The highest BCUT2D eigenvalue weighted by Gasteiger charge is 2.10. The summed E-state index contributed by atoms with van der Waals surface area (Å²) in [7, 11) is -3.07. The van der Waals surface area contributed by atoms with Crippen molar-refractivity contribution in [3.05, 3.63) is 35.6 Å². The van der Waals surface area contributed by atoms with Crippen LogP contribution in [0.25, 0.3) is 0 Å². The highest BCUT2D eigenvalue weighted by molar-refractivity contribution is 7.90. The molecule has 0 aliphatic heterocycles. The van der Waals surface area contributed by atoms with Crippen LogP contribution in [-0.2, 0) is 15.6 Å².